The Bertz CT molecular complexity index is 401. The van der Waals surface area contributed by atoms with Crippen molar-refractivity contribution in [2.24, 2.45) is 5.41 Å². The SMILES string of the molecule is Cc1cc(N)ccc1NC1CC(O)C1(C)C. The molecule has 0 amide bonds. The molecule has 1 aromatic carbocycles. The zero-order valence-corrected chi connectivity index (χ0v) is 10.1. The second-order valence-corrected chi connectivity index (χ2v) is 5.34. The van der Waals surface area contributed by atoms with Crippen LogP contribution in [0.2, 0.25) is 0 Å². The first-order chi connectivity index (χ1) is 7.41. The number of rotatable bonds is 2. The van der Waals surface area contributed by atoms with E-state index in [1.54, 1.807) is 0 Å². The summed E-state index contributed by atoms with van der Waals surface area (Å²) in [5, 5.41) is 13.2. The number of aryl methyl sites for hydroxylation is 1. The number of hydrogen-bond acceptors (Lipinski definition) is 3. The van der Waals surface area contributed by atoms with E-state index in [1.165, 1.54) is 0 Å². The van der Waals surface area contributed by atoms with E-state index in [-0.39, 0.29) is 11.5 Å². The predicted octanol–water partition coefficient (Wildman–Crippen LogP) is 2.15. The molecular weight excluding hydrogens is 200 g/mol. The third-order valence-electron chi connectivity index (χ3n) is 3.80. The maximum atomic E-state index is 9.68. The van der Waals surface area contributed by atoms with Crippen LogP contribution in [0, 0.1) is 12.3 Å². The van der Waals surface area contributed by atoms with Crippen LogP contribution in [-0.4, -0.2) is 17.3 Å². The van der Waals surface area contributed by atoms with Gasteiger partial charge in [0.1, 0.15) is 0 Å². The van der Waals surface area contributed by atoms with E-state index in [4.69, 9.17) is 5.73 Å². The van der Waals surface area contributed by atoms with Gasteiger partial charge >= 0.3 is 0 Å². The average Bonchev–Trinajstić information content (AvgIpc) is 2.21. The van der Waals surface area contributed by atoms with E-state index < -0.39 is 0 Å². The Morgan fingerprint density at radius 2 is 2.12 bits per heavy atom. The highest BCUT2D eigenvalue weighted by Crippen LogP contribution is 2.42. The fourth-order valence-corrected chi connectivity index (χ4v) is 2.18. The van der Waals surface area contributed by atoms with Gasteiger partial charge in [0.05, 0.1) is 6.10 Å². The van der Waals surface area contributed by atoms with Gasteiger partial charge in [-0.3, -0.25) is 0 Å². The first-order valence-corrected chi connectivity index (χ1v) is 5.72. The highest BCUT2D eigenvalue weighted by atomic mass is 16.3. The molecule has 1 aliphatic rings. The summed E-state index contributed by atoms with van der Waals surface area (Å²) in [5.74, 6) is 0. The third-order valence-corrected chi connectivity index (χ3v) is 3.80. The lowest BCUT2D eigenvalue weighted by molar-refractivity contribution is -0.0510. The Hall–Kier alpha value is -1.22. The van der Waals surface area contributed by atoms with Crippen LogP contribution in [-0.2, 0) is 0 Å². The largest absolute Gasteiger partial charge is 0.399 e. The van der Waals surface area contributed by atoms with Crippen molar-refractivity contribution in [3.8, 4) is 0 Å². The highest BCUT2D eigenvalue weighted by molar-refractivity contribution is 5.58. The summed E-state index contributed by atoms with van der Waals surface area (Å²) in [6.07, 6.45) is 0.621. The van der Waals surface area contributed by atoms with Gasteiger partial charge in [0.15, 0.2) is 0 Å². The van der Waals surface area contributed by atoms with Crippen LogP contribution in [0.3, 0.4) is 0 Å². The van der Waals surface area contributed by atoms with Gasteiger partial charge in [-0.2, -0.15) is 0 Å². The molecule has 0 heterocycles. The smallest absolute Gasteiger partial charge is 0.0630 e. The predicted molar refractivity (Wildman–Crippen MR) is 67.4 cm³/mol. The molecule has 0 radical (unpaired) electrons. The van der Waals surface area contributed by atoms with Crippen molar-refractivity contribution in [1.29, 1.82) is 0 Å². The first kappa shape index (κ1) is 11.3. The fraction of sp³-hybridized carbons (Fsp3) is 0.538. The van der Waals surface area contributed by atoms with Crippen LogP contribution < -0.4 is 11.1 Å². The van der Waals surface area contributed by atoms with Crippen LogP contribution in [0.5, 0.6) is 0 Å². The molecule has 0 spiro atoms. The molecule has 0 saturated heterocycles. The molecule has 1 fully saturated rings. The summed E-state index contributed by atoms with van der Waals surface area (Å²) >= 11 is 0. The Kier molecular flexibility index (Phi) is 2.58. The minimum atomic E-state index is -0.195. The van der Waals surface area contributed by atoms with E-state index in [0.717, 1.165) is 23.4 Å². The van der Waals surface area contributed by atoms with Crippen LogP contribution in [0.1, 0.15) is 25.8 Å². The Balaban J connectivity index is 2.11. The minimum Gasteiger partial charge on any atom is -0.399 e. The first-order valence-electron chi connectivity index (χ1n) is 5.72. The number of aliphatic hydroxyl groups excluding tert-OH is 1. The van der Waals surface area contributed by atoms with Crippen LogP contribution in [0.25, 0.3) is 0 Å². The van der Waals surface area contributed by atoms with Crippen molar-refractivity contribution in [2.75, 3.05) is 11.1 Å². The molecule has 3 nitrogen and oxygen atoms in total. The van der Waals surface area contributed by atoms with Crippen molar-refractivity contribution in [2.45, 2.75) is 39.3 Å². The molecule has 0 aliphatic heterocycles. The maximum Gasteiger partial charge on any atom is 0.0630 e. The molecule has 4 N–H and O–H groups in total. The second kappa shape index (κ2) is 3.67. The molecule has 2 rings (SSSR count). The molecule has 2 unspecified atom stereocenters. The number of nitrogens with one attached hydrogen (secondary N) is 1. The zero-order chi connectivity index (χ0) is 11.9. The number of benzene rings is 1. The van der Waals surface area contributed by atoms with Gasteiger partial charge in [0.2, 0.25) is 0 Å². The summed E-state index contributed by atoms with van der Waals surface area (Å²) < 4.78 is 0. The summed E-state index contributed by atoms with van der Waals surface area (Å²) in [6, 6.07) is 6.21. The maximum absolute atomic E-state index is 9.68. The van der Waals surface area contributed by atoms with Crippen molar-refractivity contribution in [3.05, 3.63) is 23.8 Å². The molecule has 16 heavy (non-hydrogen) atoms. The number of nitrogen functional groups attached to an aromatic ring is 1. The summed E-state index contributed by atoms with van der Waals surface area (Å²) in [5.41, 5.74) is 8.71. The molecule has 1 saturated carbocycles. The number of hydrogen-bond donors (Lipinski definition) is 3. The summed E-state index contributed by atoms with van der Waals surface area (Å²) in [7, 11) is 0. The van der Waals surface area contributed by atoms with Gasteiger partial charge in [-0.15, -0.1) is 0 Å². The van der Waals surface area contributed by atoms with Crippen molar-refractivity contribution >= 4 is 11.4 Å². The van der Waals surface area contributed by atoms with E-state index in [0.29, 0.717) is 6.04 Å². The molecule has 88 valence electrons. The van der Waals surface area contributed by atoms with Crippen molar-refractivity contribution < 1.29 is 5.11 Å². The van der Waals surface area contributed by atoms with Gasteiger partial charge in [-0.1, -0.05) is 13.8 Å². The Morgan fingerprint density at radius 3 is 2.62 bits per heavy atom. The van der Waals surface area contributed by atoms with E-state index >= 15 is 0 Å². The number of anilines is 2. The Morgan fingerprint density at radius 1 is 1.44 bits per heavy atom. The van der Waals surface area contributed by atoms with Gasteiger partial charge in [0.25, 0.3) is 0 Å². The number of nitrogens with two attached hydrogens (primary N) is 1. The van der Waals surface area contributed by atoms with Crippen molar-refractivity contribution in [1.82, 2.24) is 0 Å². The van der Waals surface area contributed by atoms with Crippen LogP contribution in [0.4, 0.5) is 11.4 Å². The summed E-state index contributed by atoms with van der Waals surface area (Å²) in [4.78, 5) is 0. The fourth-order valence-electron chi connectivity index (χ4n) is 2.18. The van der Waals surface area contributed by atoms with Gasteiger partial charge in [-0.25, -0.2) is 0 Å². The molecule has 2 atom stereocenters. The third kappa shape index (κ3) is 1.76. The molecule has 3 heteroatoms. The lowest BCUT2D eigenvalue weighted by atomic mass is 9.64. The Labute approximate surface area is 96.7 Å². The lowest BCUT2D eigenvalue weighted by Crippen LogP contribution is -2.56. The molecule has 0 aromatic heterocycles. The lowest BCUT2D eigenvalue weighted by Gasteiger charge is -2.50. The van der Waals surface area contributed by atoms with E-state index in [1.807, 2.05) is 25.1 Å². The van der Waals surface area contributed by atoms with Crippen molar-refractivity contribution in [3.63, 3.8) is 0 Å². The summed E-state index contributed by atoms with van der Waals surface area (Å²) in [6.45, 7) is 6.22. The quantitative estimate of drug-likeness (QED) is 0.669. The minimum absolute atomic E-state index is 0.0478. The van der Waals surface area contributed by atoms with E-state index in [9.17, 15) is 5.11 Å². The normalized spacial score (nSPS) is 27.2. The molecule has 1 aliphatic carbocycles. The zero-order valence-electron chi connectivity index (χ0n) is 10.1. The standard InChI is InChI=1S/C13H20N2O/c1-8-6-9(14)4-5-10(8)15-11-7-12(16)13(11,2)3/h4-6,11-12,15-16H,7,14H2,1-3H3. The number of aliphatic hydroxyl groups is 1. The van der Waals surface area contributed by atoms with Gasteiger partial charge < -0.3 is 16.2 Å². The molecular formula is C13H20N2O. The average molecular weight is 220 g/mol. The highest BCUT2D eigenvalue weighted by Gasteiger charge is 2.47. The molecule has 0 bridgehead atoms. The monoisotopic (exact) mass is 220 g/mol. The van der Waals surface area contributed by atoms with Gasteiger partial charge in [0, 0.05) is 22.8 Å². The topological polar surface area (TPSA) is 58.3 Å². The second-order valence-electron chi connectivity index (χ2n) is 5.34. The van der Waals surface area contributed by atoms with E-state index in [2.05, 4.69) is 19.2 Å². The van der Waals surface area contributed by atoms with Crippen LogP contribution in [0.15, 0.2) is 18.2 Å². The van der Waals surface area contributed by atoms with Gasteiger partial charge in [-0.05, 0) is 37.1 Å². The van der Waals surface area contributed by atoms with Crippen LogP contribution >= 0.6 is 0 Å². The molecule has 1 aromatic rings.